The Labute approximate surface area is 161 Å². The van der Waals surface area contributed by atoms with Crippen molar-refractivity contribution in [1.82, 2.24) is 0 Å². The second-order valence-electron chi connectivity index (χ2n) is 7.65. The molecule has 0 saturated carbocycles. The molecule has 1 unspecified atom stereocenters. The smallest absolute Gasteiger partial charge is 0.129 e. The first kappa shape index (κ1) is 19.9. The van der Waals surface area contributed by atoms with E-state index in [2.05, 4.69) is 26.0 Å². The van der Waals surface area contributed by atoms with E-state index >= 15 is 0 Å². The number of benzene rings is 2. The molecule has 0 N–H and O–H groups in total. The summed E-state index contributed by atoms with van der Waals surface area (Å²) in [6.07, 6.45) is 7.17. The first-order chi connectivity index (χ1) is 13.1. The highest BCUT2D eigenvalue weighted by atomic mass is 19.1. The summed E-state index contributed by atoms with van der Waals surface area (Å²) in [7, 11) is 0. The summed E-state index contributed by atoms with van der Waals surface area (Å²) in [4.78, 5) is 0. The van der Waals surface area contributed by atoms with Crippen molar-refractivity contribution in [2.75, 3.05) is 6.61 Å². The summed E-state index contributed by atoms with van der Waals surface area (Å²) >= 11 is 0. The van der Waals surface area contributed by atoms with E-state index in [9.17, 15) is 8.78 Å². The van der Waals surface area contributed by atoms with Crippen molar-refractivity contribution in [3.05, 3.63) is 64.2 Å². The number of rotatable bonds is 8. The number of aryl methyl sites for hydroxylation is 2. The maximum absolute atomic E-state index is 14.7. The molecule has 1 aliphatic carbocycles. The molecule has 27 heavy (non-hydrogen) atoms. The van der Waals surface area contributed by atoms with Crippen molar-refractivity contribution in [1.29, 1.82) is 0 Å². The van der Waals surface area contributed by atoms with Crippen LogP contribution >= 0.6 is 0 Å². The van der Waals surface area contributed by atoms with Gasteiger partial charge in [-0.05, 0) is 85.4 Å². The van der Waals surface area contributed by atoms with E-state index in [1.807, 2.05) is 6.07 Å². The number of unbranched alkanes of at least 4 members (excludes halogenated alkanes) is 2. The van der Waals surface area contributed by atoms with Gasteiger partial charge in [-0.15, -0.1) is 0 Å². The lowest BCUT2D eigenvalue weighted by Gasteiger charge is -2.26. The van der Waals surface area contributed by atoms with Gasteiger partial charge in [-0.1, -0.05) is 32.8 Å². The molecule has 1 aliphatic rings. The summed E-state index contributed by atoms with van der Waals surface area (Å²) in [5, 5.41) is 0. The minimum Gasteiger partial charge on any atom is -0.494 e. The molecule has 0 aliphatic heterocycles. The van der Waals surface area contributed by atoms with Crippen LogP contribution in [0.5, 0.6) is 5.75 Å². The average Bonchev–Trinajstić information content (AvgIpc) is 2.66. The fourth-order valence-electron chi connectivity index (χ4n) is 3.95. The van der Waals surface area contributed by atoms with Crippen LogP contribution in [0.25, 0.3) is 0 Å². The highest BCUT2D eigenvalue weighted by Gasteiger charge is 2.26. The molecular weight excluding hydrogens is 342 g/mol. The van der Waals surface area contributed by atoms with Crippen LogP contribution in [-0.2, 0) is 19.3 Å². The zero-order valence-corrected chi connectivity index (χ0v) is 16.5. The van der Waals surface area contributed by atoms with Gasteiger partial charge in [0, 0.05) is 5.56 Å². The Morgan fingerprint density at radius 3 is 2.41 bits per heavy atom. The minimum absolute atomic E-state index is 0.0930. The predicted molar refractivity (Wildman–Crippen MR) is 107 cm³/mol. The Hall–Kier alpha value is -1.90. The molecule has 0 spiro atoms. The van der Waals surface area contributed by atoms with Crippen molar-refractivity contribution in [3.8, 4) is 5.75 Å². The summed E-state index contributed by atoms with van der Waals surface area (Å²) in [6, 6.07) is 9.22. The van der Waals surface area contributed by atoms with Gasteiger partial charge < -0.3 is 4.74 Å². The van der Waals surface area contributed by atoms with E-state index in [1.165, 1.54) is 23.3 Å². The third kappa shape index (κ3) is 4.88. The molecule has 2 aromatic carbocycles. The molecule has 0 bridgehead atoms. The summed E-state index contributed by atoms with van der Waals surface area (Å²) in [6.45, 7) is 4.96. The van der Waals surface area contributed by atoms with Crippen LogP contribution in [0.1, 0.15) is 74.1 Å². The van der Waals surface area contributed by atoms with Crippen LogP contribution < -0.4 is 4.74 Å². The van der Waals surface area contributed by atoms with Crippen LogP contribution in [0.2, 0.25) is 0 Å². The SMILES string of the molecule is CCCCOc1ccc2c(c1)CCC(c1c(F)cc(CCCC)cc1F)C2. The molecule has 1 nitrogen and oxygen atoms in total. The highest BCUT2D eigenvalue weighted by Crippen LogP contribution is 2.37. The molecule has 0 fully saturated rings. The maximum Gasteiger partial charge on any atom is 0.129 e. The van der Waals surface area contributed by atoms with Gasteiger partial charge in [0.25, 0.3) is 0 Å². The normalized spacial score (nSPS) is 16.2. The van der Waals surface area contributed by atoms with Crippen LogP contribution in [0.4, 0.5) is 8.78 Å². The van der Waals surface area contributed by atoms with Gasteiger partial charge in [0.05, 0.1) is 6.61 Å². The summed E-state index contributed by atoms with van der Waals surface area (Å²) in [5.74, 6) is 0.0472. The molecule has 2 aromatic rings. The molecule has 0 heterocycles. The van der Waals surface area contributed by atoms with Gasteiger partial charge in [-0.25, -0.2) is 8.78 Å². The predicted octanol–water partition coefficient (Wildman–Crippen LogP) is 6.76. The molecule has 0 amide bonds. The second-order valence-corrected chi connectivity index (χ2v) is 7.65. The lowest BCUT2D eigenvalue weighted by Crippen LogP contribution is -2.16. The second kappa shape index (κ2) is 9.34. The van der Waals surface area contributed by atoms with E-state index in [0.717, 1.165) is 62.9 Å². The van der Waals surface area contributed by atoms with Gasteiger partial charge in [-0.2, -0.15) is 0 Å². The van der Waals surface area contributed by atoms with Crippen LogP contribution in [0.15, 0.2) is 30.3 Å². The molecule has 1 atom stereocenters. The van der Waals surface area contributed by atoms with E-state index in [1.54, 1.807) is 0 Å². The van der Waals surface area contributed by atoms with Crippen molar-refractivity contribution in [2.24, 2.45) is 0 Å². The standard InChI is InChI=1S/C24H30F2O/c1-3-5-7-17-13-22(25)24(23(26)14-17)20-9-8-19-16-21(27-12-6-4-2)11-10-18(19)15-20/h10-11,13-14,16,20H,3-9,12,15H2,1-2H3. The first-order valence-corrected chi connectivity index (χ1v) is 10.3. The van der Waals surface area contributed by atoms with E-state index in [4.69, 9.17) is 4.74 Å². The van der Waals surface area contributed by atoms with E-state index < -0.39 is 0 Å². The van der Waals surface area contributed by atoms with Crippen molar-refractivity contribution < 1.29 is 13.5 Å². The molecule has 146 valence electrons. The van der Waals surface area contributed by atoms with Crippen molar-refractivity contribution >= 4 is 0 Å². The van der Waals surface area contributed by atoms with Gasteiger partial charge in [0.1, 0.15) is 17.4 Å². The number of hydrogen-bond donors (Lipinski definition) is 0. The Morgan fingerprint density at radius 1 is 0.963 bits per heavy atom. The quantitative estimate of drug-likeness (QED) is 0.465. The number of hydrogen-bond acceptors (Lipinski definition) is 1. The molecule has 0 saturated heterocycles. The van der Waals surface area contributed by atoms with Gasteiger partial charge in [0.15, 0.2) is 0 Å². The fraction of sp³-hybridized carbons (Fsp3) is 0.500. The van der Waals surface area contributed by atoms with E-state index in [0.29, 0.717) is 6.42 Å². The Morgan fingerprint density at radius 2 is 1.70 bits per heavy atom. The Kier molecular flexibility index (Phi) is 6.87. The third-order valence-electron chi connectivity index (χ3n) is 5.54. The lowest BCUT2D eigenvalue weighted by atomic mass is 9.79. The largest absolute Gasteiger partial charge is 0.494 e. The zero-order valence-electron chi connectivity index (χ0n) is 16.5. The molecular formula is C24H30F2O. The number of ether oxygens (including phenoxy) is 1. The minimum atomic E-state index is -0.380. The molecule has 3 heteroatoms. The third-order valence-corrected chi connectivity index (χ3v) is 5.54. The van der Waals surface area contributed by atoms with Crippen LogP contribution in [-0.4, -0.2) is 6.61 Å². The molecule has 3 rings (SSSR count). The molecule has 0 aromatic heterocycles. The van der Waals surface area contributed by atoms with Gasteiger partial charge >= 0.3 is 0 Å². The summed E-state index contributed by atoms with van der Waals surface area (Å²) < 4.78 is 35.1. The number of halogens is 2. The van der Waals surface area contributed by atoms with Gasteiger partial charge in [0.2, 0.25) is 0 Å². The van der Waals surface area contributed by atoms with Crippen LogP contribution in [0.3, 0.4) is 0 Å². The monoisotopic (exact) mass is 372 g/mol. The summed E-state index contributed by atoms with van der Waals surface area (Å²) in [5.41, 5.74) is 3.47. The maximum atomic E-state index is 14.7. The highest BCUT2D eigenvalue weighted by molar-refractivity contribution is 5.40. The Balaban J connectivity index is 1.74. The van der Waals surface area contributed by atoms with Crippen LogP contribution in [0, 0.1) is 11.6 Å². The zero-order chi connectivity index (χ0) is 19.2. The Bertz CT molecular complexity index is 746. The van der Waals surface area contributed by atoms with Crippen molar-refractivity contribution in [2.45, 2.75) is 71.1 Å². The first-order valence-electron chi connectivity index (χ1n) is 10.3. The topological polar surface area (TPSA) is 9.23 Å². The van der Waals surface area contributed by atoms with E-state index in [-0.39, 0.29) is 23.1 Å². The van der Waals surface area contributed by atoms with Crippen molar-refractivity contribution in [3.63, 3.8) is 0 Å². The average molecular weight is 372 g/mol. The number of fused-ring (bicyclic) bond motifs is 1. The van der Waals surface area contributed by atoms with Gasteiger partial charge in [-0.3, -0.25) is 0 Å². The fourth-order valence-corrected chi connectivity index (χ4v) is 3.95. The molecule has 0 radical (unpaired) electrons. The lowest BCUT2D eigenvalue weighted by molar-refractivity contribution is 0.308.